The monoisotopic (exact) mass is 662 g/mol. The molecule has 0 radical (unpaired) electrons. The molecule has 1 aliphatic heterocycles. The number of halogens is 2. The van der Waals surface area contributed by atoms with E-state index in [9.17, 15) is 20.2 Å². The Morgan fingerprint density at radius 1 is 1.16 bits per heavy atom. The fourth-order valence-corrected chi connectivity index (χ4v) is 7.76. The zero-order chi connectivity index (χ0) is 32.8. The van der Waals surface area contributed by atoms with Crippen molar-refractivity contribution in [2.24, 2.45) is 11.1 Å². The number of nitro groups is 1. The molecule has 8 nitrogen and oxygen atoms in total. The summed E-state index contributed by atoms with van der Waals surface area (Å²) in [4.78, 5) is 28.2. The van der Waals surface area contributed by atoms with Crippen molar-refractivity contribution in [1.82, 2.24) is 0 Å². The van der Waals surface area contributed by atoms with Crippen molar-refractivity contribution in [2.75, 3.05) is 12.0 Å². The second-order valence-corrected chi connectivity index (χ2v) is 14.0. The van der Waals surface area contributed by atoms with E-state index in [1.807, 2.05) is 39.8 Å². The summed E-state index contributed by atoms with van der Waals surface area (Å²) in [5, 5.41) is 24.0. The number of Topliss-reactive ketones (excluding diaryl/α,β-unsaturated/α-hetero) is 1. The molecule has 0 saturated heterocycles. The fourth-order valence-electron chi connectivity index (χ4n) is 6.22. The number of benzene rings is 3. The van der Waals surface area contributed by atoms with Crippen LogP contribution in [0.15, 0.2) is 76.1 Å². The predicted molar refractivity (Wildman–Crippen MR) is 179 cm³/mol. The van der Waals surface area contributed by atoms with Crippen LogP contribution in [-0.2, 0) is 10.5 Å². The molecule has 45 heavy (non-hydrogen) atoms. The summed E-state index contributed by atoms with van der Waals surface area (Å²) >= 11 is 14.2. The molecule has 0 spiro atoms. The van der Waals surface area contributed by atoms with Gasteiger partial charge < -0.3 is 10.5 Å². The maximum Gasteiger partial charge on any atom is 0.296 e. The van der Waals surface area contributed by atoms with Crippen molar-refractivity contribution in [2.45, 2.75) is 57.1 Å². The van der Waals surface area contributed by atoms with Crippen LogP contribution in [0.2, 0.25) is 10.0 Å². The highest BCUT2D eigenvalue weighted by Gasteiger charge is 2.46. The number of methoxy groups -OCH3 is 1. The number of nitrogens with two attached hydrogens (primary N) is 1. The van der Waals surface area contributed by atoms with E-state index in [2.05, 4.69) is 12.1 Å². The minimum Gasteiger partial charge on any atom is -0.496 e. The summed E-state index contributed by atoms with van der Waals surface area (Å²) in [7, 11) is 1.43. The van der Waals surface area contributed by atoms with E-state index in [4.69, 9.17) is 33.7 Å². The summed E-state index contributed by atoms with van der Waals surface area (Å²) in [6.45, 7) is 7.92. The number of aryl methyl sites for hydroxylation is 1. The van der Waals surface area contributed by atoms with Crippen molar-refractivity contribution >= 4 is 52.1 Å². The smallest absolute Gasteiger partial charge is 0.296 e. The van der Waals surface area contributed by atoms with Crippen LogP contribution in [0.1, 0.15) is 54.9 Å². The summed E-state index contributed by atoms with van der Waals surface area (Å²) in [6, 6.07) is 16.2. The van der Waals surface area contributed by atoms with E-state index in [-0.39, 0.29) is 35.0 Å². The third-order valence-corrected chi connectivity index (χ3v) is 10.1. The number of hydrogen-bond donors (Lipinski definition) is 1. The van der Waals surface area contributed by atoms with Crippen molar-refractivity contribution in [1.29, 1.82) is 5.26 Å². The number of rotatable bonds is 7. The van der Waals surface area contributed by atoms with Crippen LogP contribution in [-0.4, -0.2) is 17.8 Å². The third-order valence-electron chi connectivity index (χ3n) is 8.29. The lowest BCUT2D eigenvalue weighted by Gasteiger charge is -2.43. The van der Waals surface area contributed by atoms with Gasteiger partial charge in [0.1, 0.15) is 17.3 Å². The van der Waals surface area contributed by atoms with Crippen molar-refractivity contribution in [3.8, 4) is 11.8 Å². The van der Waals surface area contributed by atoms with Gasteiger partial charge in [-0.2, -0.15) is 5.26 Å². The van der Waals surface area contributed by atoms with Crippen molar-refractivity contribution in [3.63, 3.8) is 0 Å². The van der Waals surface area contributed by atoms with Crippen LogP contribution in [0.25, 0.3) is 0 Å². The van der Waals surface area contributed by atoms with Gasteiger partial charge in [-0.3, -0.25) is 19.8 Å². The molecule has 2 aliphatic rings. The van der Waals surface area contributed by atoms with Crippen molar-refractivity contribution < 1.29 is 14.5 Å². The van der Waals surface area contributed by atoms with Crippen LogP contribution in [0, 0.1) is 40.7 Å². The largest absolute Gasteiger partial charge is 0.496 e. The topological polar surface area (TPSA) is 122 Å². The Hall–Kier alpha value is -3.97. The number of carbonyl (C=O) groups is 1. The number of nitriles is 1. The van der Waals surface area contributed by atoms with Crippen LogP contribution in [0.3, 0.4) is 0 Å². The lowest BCUT2D eigenvalue weighted by atomic mass is 9.68. The first-order valence-corrected chi connectivity index (χ1v) is 16.0. The molecular formula is C34H32Cl2N4O4S. The summed E-state index contributed by atoms with van der Waals surface area (Å²) < 4.78 is 5.24. The van der Waals surface area contributed by atoms with Crippen LogP contribution in [0.4, 0.5) is 11.4 Å². The number of nitrogens with zero attached hydrogens (tertiary/aromatic N) is 3. The van der Waals surface area contributed by atoms with Gasteiger partial charge in [0.25, 0.3) is 5.69 Å². The van der Waals surface area contributed by atoms with Crippen LogP contribution >= 0.6 is 35.0 Å². The van der Waals surface area contributed by atoms with Gasteiger partial charge in [-0.05, 0) is 72.7 Å². The van der Waals surface area contributed by atoms with E-state index in [1.54, 1.807) is 36.0 Å². The van der Waals surface area contributed by atoms with Gasteiger partial charge in [-0.15, -0.1) is 11.8 Å². The molecule has 2 N–H and O–H groups in total. The molecule has 1 unspecified atom stereocenters. The number of ketones is 1. The second-order valence-electron chi connectivity index (χ2n) is 12.1. The number of hydrogen-bond acceptors (Lipinski definition) is 8. The van der Waals surface area contributed by atoms with E-state index in [0.717, 1.165) is 27.1 Å². The maximum absolute atomic E-state index is 14.1. The van der Waals surface area contributed by atoms with Gasteiger partial charge >= 0.3 is 0 Å². The lowest BCUT2D eigenvalue weighted by molar-refractivity contribution is -0.384. The standard InChI is InChI=1S/C34H32Cl2N4O4S/c1-18-10-20(17-45-30-12-21(35)6-8-25(30)36)19(2)23(11-18)31-24(16-37)33(38)39(28-14-34(3,4)15-29(41)32(28)31)26-9-7-22(44-5)13-27(26)40(42)43/h6-13,31H,14-15,17,38H2,1-5H3. The molecule has 3 aromatic rings. The van der Waals surface area contributed by atoms with E-state index >= 15 is 0 Å². The van der Waals surface area contributed by atoms with Gasteiger partial charge in [0.15, 0.2) is 5.78 Å². The molecule has 0 fully saturated rings. The Labute approximate surface area is 276 Å². The van der Waals surface area contributed by atoms with E-state index in [1.165, 1.54) is 18.1 Å². The Bertz CT molecular complexity index is 1860. The first-order chi connectivity index (χ1) is 21.3. The Balaban J connectivity index is 1.71. The molecule has 0 aromatic heterocycles. The highest BCUT2D eigenvalue weighted by atomic mass is 35.5. The Kier molecular flexibility index (Phi) is 8.96. The van der Waals surface area contributed by atoms with Crippen LogP contribution in [0.5, 0.6) is 5.75 Å². The Morgan fingerprint density at radius 2 is 1.89 bits per heavy atom. The SMILES string of the molecule is COc1ccc(N2C(N)=C(C#N)C(c3cc(C)cc(CSc4cc(Cl)ccc4Cl)c3C)C3=C2CC(C)(C)CC3=O)c([N+](=O)[O-])c1. The molecule has 0 amide bonds. The number of carbonyl (C=O) groups excluding carboxylic acids is 1. The molecule has 1 heterocycles. The molecule has 1 atom stereocenters. The number of allylic oxidation sites excluding steroid dienone is 3. The first-order valence-electron chi connectivity index (χ1n) is 14.2. The lowest BCUT2D eigenvalue weighted by Crippen LogP contribution is -2.42. The summed E-state index contributed by atoms with van der Waals surface area (Å²) in [5.74, 6) is 0.0848. The fraction of sp³-hybridized carbons (Fsp3) is 0.294. The third kappa shape index (κ3) is 6.15. The zero-order valence-electron chi connectivity index (χ0n) is 25.5. The van der Waals surface area contributed by atoms with Crippen LogP contribution < -0.4 is 15.4 Å². The highest BCUT2D eigenvalue weighted by Crippen LogP contribution is 2.52. The quantitative estimate of drug-likeness (QED) is 0.151. The van der Waals surface area contributed by atoms with E-state index in [0.29, 0.717) is 39.2 Å². The Morgan fingerprint density at radius 3 is 2.56 bits per heavy atom. The normalized spacial score (nSPS) is 17.7. The molecule has 232 valence electrons. The molecule has 1 aliphatic carbocycles. The molecule has 0 saturated carbocycles. The minimum absolute atomic E-state index is 0.0579. The number of ether oxygens (including phenoxy) is 1. The molecular weight excluding hydrogens is 631 g/mol. The van der Waals surface area contributed by atoms with Gasteiger partial charge in [0.2, 0.25) is 0 Å². The minimum atomic E-state index is -0.736. The number of nitro benzene ring substituents is 1. The number of thioether (sulfide) groups is 1. The molecule has 3 aromatic carbocycles. The van der Waals surface area contributed by atoms with Crippen molar-refractivity contribution in [3.05, 3.63) is 114 Å². The predicted octanol–water partition coefficient (Wildman–Crippen LogP) is 8.76. The number of anilines is 1. The average molecular weight is 664 g/mol. The summed E-state index contributed by atoms with van der Waals surface area (Å²) in [5.41, 5.74) is 11.2. The van der Waals surface area contributed by atoms with Gasteiger partial charge in [0, 0.05) is 33.4 Å². The van der Waals surface area contributed by atoms with Gasteiger partial charge in [-0.1, -0.05) is 54.7 Å². The van der Waals surface area contributed by atoms with E-state index < -0.39 is 16.3 Å². The zero-order valence-corrected chi connectivity index (χ0v) is 27.9. The molecule has 11 heteroatoms. The summed E-state index contributed by atoms with van der Waals surface area (Å²) in [6.07, 6.45) is 0.689. The second kappa shape index (κ2) is 12.4. The molecule has 0 bridgehead atoms. The molecule has 5 rings (SSSR count). The highest BCUT2D eigenvalue weighted by molar-refractivity contribution is 7.98. The van der Waals surface area contributed by atoms with Gasteiger partial charge in [0.05, 0.1) is 40.7 Å². The average Bonchev–Trinajstić information content (AvgIpc) is 2.97. The first kappa shape index (κ1) is 32.4. The van der Waals surface area contributed by atoms with Gasteiger partial charge in [-0.25, -0.2) is 0 Å². The maximum atomic E-state index is 14.1.